The van der Waals surface area contributed by atoms with Crippen LogP contribution in [0.5, 0.6) is 0 Å². The molecule has 2 fully saturated rings. The first-order valence-corrected chi connectivity index (χ1v) is 11.8. The van der Waals surface area contributed by atoms with Crippen molar-refractivity contribution in [3.63, 3.8) is 0 Å². The van der Waals surface area contributed by atoms with Crippen molar-refractivity contribution < 1.29 is 14.4 Å². The van der Waals surface area contributed by atoms with Crippen molar-refractivity contribution in [1.82, 2.24) is 15.1 Å². The number of carbonyl (C=O) groups excluding carboxylic acids is 3. The molecule has 2 aromatic rings. The molecule has 3 amide bonds. The van der Waals surface area contributed by atoms with Crippen LogP contribution < -0.4 is 5.32 Å². The highest BCUT2D eigenvalue weighted by Gasteiger charge is 2.47. The molecule has 4 rings (SSSR count). The zero-order valence-corrected chi connectivity index (χ0v) is 19.8. The Labute approximate surface area is 196 Å². The van der Waals surface area contributed by atoms with E-state index in [-0.39, 0.29) is 17.7 Å². The van der Waals surface area contributed by atoms with Crippen molar-refractivity contribution in [2.24, 2.45) is 5.41 Å². The number of nitrogens with one attached hydrogen (secondary N) is 1. The van der Waals surface area contributed by atoms with Crippen molar-refractivity contribution in [2.45, 2.75) is 45.6 Å². The highest BCUT2D eigenvalue weighted by Crippen LogP contribution is 2.36. The van der Waals surface area contributed by atoms with E-state index in [1.165, 1.54) is 5.56 Å². The summed E-state index contributed by atoms with van der Waals surface area (Å²) in [5.74, 6) is -0.0617. The van der Waals surface area contributed by atoms with Gasteiger partial charge in [0.25, 0.3) is 0 Å². The Hall–Kier alpha value is -3.15. The predicted molar refractivity (Wildman–Crippen MR) is 128 cm³/mol. The lowest BCUT2D eigenvalue weighted by molar-refractivity contribution is -0.142. The van der Waals surface area contributed by atoms with Gasteiger partial charge in [-0.3, -0.25) is 14.4 Å². The Morgan fingerprint density at radius 2 is 1.85 bits per heavy atom. The summed E-state index contributed by atoms with van der Waals surface area (Å²) in [7, 11) is 1.66. The Morgan fingerprint density at radius 3 is 2.52 bits per heavy atom. The number of aryl methyl sites for hydroxylation is 1. The Balaban J connectivity index is 1.54. The molecule has 6 heteroatoms. The van der Waals surface area contributed by atoms with E-state index >= 15 is 0 Å². The first kappa shape index (κ1) is 23.0. The van der Waals surface area contributed by atoms with Crippen molar-refractivity contribution >= 4 is 17.7 Å². The molecule has 0 radical (unpaired) electrons. The molecule has 33 heavy (non-hydrogen) atoms. The lowest BCUT2D eigenvalue weighted by Crippen LogP contribution is -2.49. The van der Waals surface area contributed by atoms with E-state index in [4.69, 9.17) is 0 Å². The van der Waals surface area contributed by atoms with Gasteiger partial charge < -0.3 is 15.1 Å². The van der Waals surface area contributed by atoms with Gasteiger partial charge in [0.15, 0.2) is 0 Å². The number of hydrogen-bond acceptors (Lipinski definition) is 3. The van der Waals surface area contributed by atoms with Gasteiger partial charge in [-0.15, -0.1) is 0 Å². The minimum atomic E-state index is -0.676. The highest BCUT2D eigenvalue weighted by molar-refractivity contribution is 5.90. The minimum Gasteiger partial charge on any atom is -0.359 e. The van der Waals surface area contributed by atoms with Crippen LogP contribution >= 0.6 is 0 Å². The van der Waals surface area contributed by atoms with Gasteiger partial charge in [-0.25, -0.2) is 0 Å². The molecular weight excluding hydrogens is 414 g/mol. The van der Waals surface area contributed by atoms with Gasteiger partial charge in [0.05, 0.1) is 5.41 Å². The number of likely N-dealkylation sites (tertiary alicyclic amines) is 2. The standard InChI is InChI=1S/C27H33N3O3/c1-19-9-11-22(12-10-19)23-7-4-6-21(16-23)17-27(26(33)28-3)13-15-29(18-27)25(32)20(2)30-14-5-8-24(30)31/h4,6-7,9-12,16,20H,5,8,13-15,17-18H2,1-3H3,(H,28,33)/t20-,27+/m1/s1. The molecule has 174 valence electrons. The molecule has 2 aliphatic rings. The van der Waals surface area contributed by atoms with Crippen LogP contribution in [0, 0.1) is 12.3 Å². The average Bonchev–Trinajstić information content (AvgIpc) is 3.45. The normalized spacial score (nSPS) is 21.4. The summed E-state index contributed by atoms with van der Waals surface area (Å²) in [6.07, 6.45) is 2.48. The van der Waals surface area contributed by atoms with Crippen LogP contribution in [-0.2, 0) is 20.8 Å². The number of benzene rings is 2. The van der Waals surface area contributed by atoms with Gasteiger partial charge in [0.1, 0.15) is 6.04 Å². The fraction of sp³-hybridized carbons (Fsp3) is 0.444. The maximum atomic E-state index is 13.2. The third-order valence-electron chi connectivity index (χ3n) is 7.16. The Kier molecular flexibility index (Phi) is 6.54. The van der Waals surface area contributed by atoms with Crippen molar-refractivity contribution in [1.29, 1.82) is 0 Å². The summed E-state index contributed by atoms with van der Waals surface area (Å²) in [5, 5.41) is 2.83. The largest absolute Gasteiger partial charge is 0.359 e. The SMILES string of the molecule is CNC(=O)[C@]1(Cc2cccc(-c3ccc(C)cc3)c2)CCN(C(=O)[C@@H](C)N2CCCC2=O)C1. The summed E-state index contributed by atoms with van der Waals surface area (Å²) in [4.78, 5) is 41.8. The maximum absolute atomic E-state index is 13.2. The van der Waals surface area contributed by atoms with Gasteiger partial charge in [0, 0.05) is 33.1 Å². The van der Waals surface area contributed by atoms with E-state index in [0.29, 0.717) is 38.9 Å². The number of nitrogens with zero attached hydrogens (tertiary/aromatic N) is 2. The maximum Gasteiger partial charge on any atom is 0.245 e. The molecule has 0 aliphatic carbocycles. The number of carbonyl (C=O) groups is 3. The third-order valence-corrected chi connectivity index (χ3v) is 7.16. The molecule has 0 saturated carbocycles. The molecule has 0 spiro atoms. The van der Waals surface area contributed by atoms with E-state index in [1.54, 1.807) is 23.8 Å². The second-order valence-corrected chi connectivity index (χ2v) is 9.48. The van der Waals surface area contributed by atoms with Gasteiger partial charge in [-0.05, 0) is 49.8 Å². The second-order valence-electron chi connectivity index (χ2n) is 9.48. The smallest absolute Gasteiger partial charge is 0.245 e. The van der Waals surface area contributed by atoms with Crippen molar-refractivity contribution in [2.75, 3.05) is 26.7 Å². The van der Waals surface area contributed by atoms with Crippen LogP contribution in [0.2, 0.25) is 0 Å². The van der Waals surface area contributed by atoms with Crippen LogP contribution in [0.25, 0.3) is 11.1 Å². The van der Waals surface area contributed by atoms with Gasteiger partial charge in [-0.2, -0.15) is 0 Å². The Morgan fingerprint density at radius 1 is 1.09 bits per heavy atom. The van der Waals surface area contributed by atoms with Crippen LogP contribution in [0.4, 0.5) is 0 Å². The molecule has 2 aliphatic heterocycles. The number of hydrogen-bond donors (Lipinski definition) is 1. The lowest BCUT2D eigenvalue weighted by atomic mass is 9.79. The second kappa shape index (κ2) is 9.38. The number of rotatable bonds is 6. The fourth-order valence-corrected chi connectivity index (χ4v) is 5.21. The first-order chi connectivity index (χ1) is 15.8. The van der Waals surface area contributed by atoms with E-state index < -0.39 is 11.5 Å². The third kappa shape index (κ3) is 4.65. The monoisotopic (exact) mass is 447 g/mol. The Bertz CT molecular complexity index is 1050. The quantitative estimate of drug-likeness (QED) is 0.740. The van der Waals surface area contributed by atoms with E-state index in [2.05, 4.69) is 54.7 Å². The molecule has 6 nitrogen and oxygen atoms in total. The van der Waals surface area contributed by atoms with Crippen LogP contribution in [0.15, 0.2) is 48.5 Å². The van der Waals surface area contributed by atoms with Crippen LogP contribution in [-0.4, -0.2) is 60.2 Å². The molecule has 2 saturated heterocycles. The molecule has 2 heterocycles. The molecular formula is C27H33N3O3. The van der Waals surface area contributed by atoms with Crippen molar-refractivity contribution in [3.8, 4) is 11.1 Å². The zero-order chi connectivity index (χ0) is 23.6. The van der Waals surface area contributed by atoms with Crippen molar-refractivity contribution in [3.05, 3.63) is 59.7 Å². The summed E-state index contributed by atoms with van der Waals surface area (Å²) in [5.41, 5.74) is 3.88. The average molecular weight is 448 g/mol. The van der Waals surface area contributed by atoms with E-state index in [1.807, 2.05) is 6.07 Å². The molecule has 0 bridgehead atoms. The van der Waals surface area contributed by atoms with Gasteiger partial charge in [0.2, 0.25) is 17.7 Å². The summed E-state index contributed by atoms with van der Waals surface area (Å²) >= 11 is 0. The molecule has 0 aromatic heterocycles. The van der Waals surface area contributed by atoms with Crippen LogP contribution in [0.3, 0.4) is 0 Å². The zero-order valence-electron chi connectivity index (χ0n) is 19.8. The molecule has 2 aromatic carbocycles. The fourth-order valence-electron chi connectivity index (χ4n) is 5.21. The highest BCUT2D eigenvalue weighted by atomic mass is 16.2. The van der Waals surface area contributed by atoms with Crippen LogP contribution in [0.1, 0.15) is 37.3 Å². The lowest BCUT2D eigenvalue weighted by Gasteiger charge is -2.30. The molecule has 0 unspecified atom stereocenters. The van der Waals surface area contributed by atoms with E-state index in [9.17, 15) is 14.4 Å². The molecule has 2 atom stereocenters. The van der Waals surface area contributed by atoms with Gasteiger partial charge >= 0.3 is 0 Å². The number of amides is 3. The topological polar surface area (TPSA) is 69.7 Å². The van der Waals surface area contributed by atoms with E-state index in [0.717, 1.165) is 23.1 Å². The summed E-state index contributed by atoms with van der Waals surface area (Å²) in [6.45, 7) is 5.40. The summed E-state index contributed by atoms with van der Waals surface area (Å²) < 4.78 is 0. The summed E-state index contributed by atoms with van der Waals surface area (Å²) in [6, 6.07) is 16.2. The van der Waals surface area contributed by atoms with Gasteiger partial charge in [-0.1, -0.05) is 54.1 Å². The first-order valence-electron chi connectivity index (χ1n) is 11.8. The minimum absolute atomic E-state index is 0.0385. The molecule has 1 N–H and O–H groups in total. The predicted octanol–water partition coefficient (Wildman–Crippen LogP) is 3.18.